The van der Waals surface area contributed by atoms with Gasteiger partial charge < -0.3 is 14.4 Å². The van der Waals surface area contributed by atoms with E-state index in [1.807, 2.05) is 0 Å². The van der Waals surface area contributed by atoms with Crippen molar-refractivity contribution >= 4 is 0 Å². The Hall–Kier alpha value is -0.160. The van der Waals surface area contributed by atoms with Gasteiger partial charge in [-0.25, -0.2) is 0 Å². The van der Waals surface area contributed by atoms with E-state index in [0.717, 1.165) is 45.4 Å². The predicted octanol–water partition coefficient (Wildman–Crippen LogP) is 1.84. The van der Waals surface area contributed by atoms with Crippen LogP contribution in [0.4, 0.5) is 0 Å². The van der Waals surface area contributed by atoms with E-state index >= 15 is 0 Å². The van der Waals surface area contributed by atoms with E-state index in [0.29, 0.717) is 5.92 Å². The number of hydrogen-bond acceptors (Lipinski definition) is 4. The first-order valence-electron chi connectivity index (χ1n) is 8.27. The largest absolute Gasteiger partial charge is 0.377 e. The molecular formula is C16H32N2O2. The highest BCUT2D eigenvalue weighted by atomic mass is 16.5. The van der Waals surface area contributed by atoms with E-state index in [1.165, 1.54) is 25.9 Å². The lowest BCUT2D eigenvalue weighted by Gasteiger charge is -2.37. The first-order valence-corrected chi connectivity index (χ1v) is 8.27. The van der Waals surface area contributed by atoms with Crippen LogP contribution in [-0.4, -0.2) is 75.0 Å². The minimum Gasteiger partial charge on any atom is -0.377 e. The number of piperidine rings is 1. The normalized spacial score (nSPS) is 27.9. The molecule has 0 spiro atoms. The molecule has 0 aliphatic carbocycles. The summed E-state index contributed by atoms with van der Waals surface area (Å²) in [5.41, 5.74) is 0. The molecule has 0 N–H and O–H groups in total. The molecule has 0 bridgehead atoms. The summed E-state index contributed by atoms with van der Waals surface area (Å²) in [6.45, 7) is 11.5. The summed E-state index contributed by atoms with van der Waals surface area (Å²) in [6.07, 6.45) is 3.98. The Labute approximate surface area is 124 Å². The van der Waals surface area contributed by atoms with Crippen molar-refractivity contribution in [2.75, 3.05) is 53.0 Å². The van der Waals surface area contributed by atoms with Crippen molar-refractivity contribution in [3.8, 4) is 0 Å². The summed E-state index contributed by atoms with van der Waals surface area (Å²) in [4.78, 5) is 5.04. The minimum absolute atomic E-state index is 0.260. The summed E-state index contributed by atoms with van der Waals surface area (Å²) in [7, 11) is 2.22. The first kappa shape index (κ1) is 16.2. The molecule has 0 aromatic heterocycles. The predicted molar refractivity (Wildman–Crippen MR) is 82.1 cm³/mol. The van der Waals surface area contributed by atoms with Crippen LogP contribution < -0.4 is 0 Å². The third-order valence-corrected chi connectivity index (χ3v) is 4.52. The van der Waals surface area contributed by atoms with E-state index < -0.39 is 0 Å². The van der Waals surface area contributed by atoms with Gasteiger partial charge >= 0.3 is 0 Å². The molecule has 0 radical (unpaired) electrons. The molecule has 2 heterocycles. The van der Waals surface area contributed by atoms with Gasteiger partial charge in [0.15, 0.2) is 0 Å². The molecule has 118 valence electrons. The second kappa shape index (κ2) is 8.32. The SMILES string of the molecule is CC(C)CCO[C@H]1COCCN(C2CCN(C)CC2)C1. The Kier molecular flexibility index (Phi) is 6.75. The van der Waals surface area contributed by atoms with Gasteiger partial charge in [-0.1, -0.05) is 13.8 Å². The van der Waals surface area contributed by atoms with E-state index in [-0.39, 0.29) is 6.10 Å². The molecular weight excluding hydrogens is 252 g/mol. The van der Waals surface area contributed by atoms with Crippen molar-refractivity contribution in [3.63, 3.8) is 0 Å². The number of nitrogens with zero attached hydrogens (tertiary/aromatic N) is 2. The van der Waals surface area contributed by atoms with Crippen LogP contribution in [0.15, 0.2) is 0 Å². The number of rotatable bonds is 5. The molecule has 4 heteroatoms. The fourth-order valence-corrected chi connectivity index (χ4v) is 3.07. The van der Waals surface area contributed by atoms with Crippen LogP contribution in [0, 0.1) is 5.92 Å². The van der Waals surface area contributed by atoms with E-state index in [9.17, 15) is 0 Å². The van der Waals surface area contributed by atoms with Crippen molar-refractivity contribution in [3.05, 3.63) is 0 Å². The fourth-order valence-electron chi connectivity index (χ4n) is 3.07. The highest BCUT2D eigenvalue weighted by Crippen LogP contribution is 2.18. The Morgan fingerprint density at radius 1 is 1.20 bits per heavy atom. The van der Waals surface area contributed by atoms with Gasteiger partial charge in [0.25, 0.3) is 0 Å². The van der Waals surface area contributed by atoms with Crippen molar-refractivity contribution < 1.29 is 9.47 Å². The maximum absolute atomic E-state index is 6.04. The molecule has 1 atom stereocenters. The van der Waals surface area contributed by atoms with Crippen LogP contribution in [0.1, 0.15) is 33.1 Å². The highest BCUT2D eigenvalue weighted by Gasteiger charge is 2.27. The maximum atomic E-state index is 6.04. The van der Waals surface area contributed by atoms with Gasteiger partial charge in [0.05, 0.1) is 19.3 Å². The van der Waals surface area contributed by atoms with Crippen LogP contribution in [0.5, 0.6) is 0 Å². The topological polar surface area (TPSA) is 24.9 Å². The van der Waals surface area contributed by atoms with E-state index in [2.05, 4.69) is 30.7 Å². The minimum atomic E-state index is 0.260. The van der Waals surface area contributed by atoms with Gasteiger partial charge in [-0.3, -0.25) is 4.90 Å². The van der Waals surface area contributed by atoms with Gasteiger partial charge in [0.1, 0.15) is 0 Å². The molecule has 0 saturated carbocycles. The molecule has 0 unspecified atom stereocenters. The molecule has 0 aromatic carbocycles. The van der Waals surface area contributed by atoms with Crippen molar-refractivity contribution in [1.29, 1.82) is 0 Å². The van der Waals surface area contributed by atoms with Crippen LogP contribution in [0.25, 0.3) is 0 Å². The van der Waals surface area contributed by atoms with Gasteiger partial charge in [0.2, 0.25) is 0 Å². The fraction of sp³-hybridized carbons (Fsp3) is 1.00. The average Bonchev–Trinajstić information content (AvgIpc) is 2.65. The van der Waals surface area contributed by atoms with Crippen LogP contribution in [0.2, 0.25) is 0 Å². The monoisotopic (exact) mass is 284 g/mol. The molecule has 2 aliphatic rings. The van der Waals surface area contributed by atoms with Crippen molar-refractivity contribution in [2.24, 2.45) is 5.92 Å². The smallest absolute Gasteiger partial charge is 0.0935 e. The van der Waals surface area contributed by atoms with Crippen LogP contribution in [0.3, 0.4) is 0 Å². The third kappa shape index (κ3) is 5.32. The van der Waals surface area contributed by atoms with Crippen LogP contribution in [-0.2, 0) is 9.47 Å². The summed E-state index contributed by atoms with van der Waals surface area (Å²) in [6, 6.07) is 0.726. The first-order chi connectivity index (χ1) is 9.65. The van der Waals surface area contributed by atoms with Gasteiger partial charge in [-0.2, -0.15) is 0 Å². The standard InChI is InChI=1S/C16H32N2O2/c1-14(2)6-10-20-16-12-18(9-11-19-13-16)15-4-7-17(3)8-5-15/h14-16H,4-13H2,1-3H3/t16-/m1/s1. The summed E-state index contributed by atoms with van der Waals surface area (Å²) in [5.74, 6) is 0.715. The molecule has 2 saturated heterocycles. The molecule has 20 heavy (non-hydrogen) atoms. The zero-order valence-electron chi connectivity index (χ0n) is 13.5. The second-order valence-corrected chi connectivity index (χ2v) is 6.78. The van der Waals surface area contributed by atoms with Gasteiger partial charge in [-0.05, 0) is 45.3 Å². The molecule has 0 amide bonds. The molecule has 0 aromatic rings. The Morgan fingerprint density at radius 2 is 1.95 bits per heavy atom. The van der Waals surface area contributed by atoms with Crippen LogP contribution >= 0.6 is 0 Å². The summed E-state index contributed by atoms with van der Waals surface area (Å²) < 4.78 is 11.8. The molecule has 4 nitrogen and oxygen atoms in total. The van der Waals surface area contributed by atoms with Gasteiger partial charge in [0, 0.05) is 25.7 Å². The highest BCUT2D eigenvalue weighted by molar-refractivity contribution is 4.81. The molecule has 2 fully saturated rings. The van der Waals surface area contributed by atoms with Crippen molar-refractivity contribution in [1.82, 2.24) is 9.80 Å². The Morgan fingerprint density at radius 3 is 2.65 bits per heavy atom. The Balaban J connectivity index is 1.77. The lowest BCUT2D eigenvalue weighted by Crippen LogP contribution is -2.47. The maximum Gasteiger partial charge on any atom is 0.0935 e. The second-order valence-electron chi connectivity index (χ2n) is 6.78. The molecule has 2 rings (SSSR count). The Bertz CT molecular complexity index is 265. The van der Waals surface area contributed by atoms with E-state index in [4.69, 9.17) is 9.47 Å². The average molecular weight is 284 g/mol. The van der Waals surface area contributed by atoms with Gasteiger partial charge in [-0.15, -0.1) is 0 Å². The number of ether oxygens (including phenoxy) is 2. The zero-order chi connectivity index (χ0) is 14.4. The number of likely N-dealkylation sites (tertiary alicyclic amines) is 1. The number of hydrogen-bond donors (Lipinski definition) is 0. The lowest BCUT2D eigenvalue weighted by molar-refractivity contribution is -0.0144. The third-order valence-electron chi connectivity index (χ3n) is 4.52. The van der Waals surface area contributed by atoms with Crippen molar-refractivity contribution in [2.45, 2.75) is 45.3 Å². The zero-order valence-corrected chi connectivity index (χ0v) is 13.5. The lowest BCUT2D eigenvalue weighted by atomic mass is 10.0. The molecule has 2 aliphatic heterocycles. The summed E-state index contributed by atoms with van der Waals surface area (Å²) in [5, 5.41) is 0. The quantitative estimate of drug-likeness (QED) is 0.769. The van der Waals surface area contributed by atoms with E-state index in [1.54, 1.807) is 0 Å². The summed E-state index contributed by atoms with van der Waals surface area (Å²) >= 11 is 0.